The minimum atomic E-state index is 0.152. The van der Waals surface area contributed by atoms with Crippen LogP contribution in [0.15, 0.2) is 54.9 Å². The van der Waals surface area contributed by atoms with E-state index in [2.05, 4.69) is 21.8 Å². The lowest BCUT2D eigenvalue weighted by Crippen LogP contribution is -2.47. The summed E-state index contributed by atoms with van der Waals surface area (Å²) in [4.78, 5) is 20.5. The van der Waals surface area contributed by atoms with Crippen LogP contribution in [0, 0.1) is 0 Å². The molecule has 5 rings (SSSR count). The summed E-state index contributed by atoms with van der Waals surface area (Å²) in [6.07, 6.45) is 6.12. The number of piperazine rings is 1. The van der Waals surface area contributed by atoms with E-state index in [9.17, 15) is 4.79 Å². The molecule has 2 aromatic heterocycles. The van der Waals surface area contributed by atoms with Crippen molar-refractivity contribution in [3.05, 3.63) is 66.1 Å². The van der Waals surface area contributed by atoms with E-state index < -0.39 is 0 Å². The number of imidazole rings is 1. The molecule has 2 N–H and O–H groups in total. The molecule has 160 valence electrons. The van der Waals surface area contributed by atoms with Gasteiger partial charge in [0.15, 0.2) is 0 Å². The summed E-state index contributed by atoms with van der Waals surface area (Å²) in [7, 11) is 0. The van der Waals surface area contributed by atoms with Crippen molar-refractivity contribution in [2.75, 3.05) is 32.7 Å². The first-order chi connectivity index (χ1) is 15.1. The third-order valence-corrected chi connectivity index (χ3v) is 5.71. The van der Waals surface area contributed by atoms with E-state index in [1.54, 1.807) is 6.92 Å². The minimum absolute atomic E-state index is 0.152. The number of aromatic nitrogens is 2. The fourth-order valence-electron chi connectivity index (χ4n) is 3.99. The summed E-state index contributed by atoms with van der Waals surface area (Å²) < 4.78 is 8.05. The highest BCUT2D eigenvalue weighted by Crippen LogP contribution is 2.24. The maximum Gasteiger partial charge on any atom is 0.219 e. The average Bonchev–Trinajstić information content (AvgIpc) is 3.44. The molecule has 0 radical (unpaired) electrons. The van der Waals surface area contributed by atoms with E-state index in [-0.39, 0.29) is 5.91 Å². The highest BCUT2D eigenvalue weighted by molar-refractivity contribution is 5.73. The number of ether oxygens (including phenoxy) is 1. The molecule has 31 heavy (non-hydrogen) atoms. The Morgan fingerprint density at radius 1 is 1.03 bits per heavy atom. The van der Waals surface area contributed by atoms with E-state index in [0.29, 0.717) is 0 Å². The molecular formula is C23H26N6O2. The van der Waals surface area contributed by atoms with Crippen molar-refractivity contribution in [3.8, 4) is 11.5 Å². The van der Waals surface area contributed by atoms with Crippen LogP contribution >= 0.6 is 0 Å². The van der Waals surface area contributed by atoms with Crippen LogP contribution in [-0.2, 0) is 11.3 Å². The fourth-order valence-corrected chi connectivity index (χ4v) is 3.99. The first-order valence-corrected chi connectivity index (χ1v) is 10.6. The molecular weight excluding hydrogens is 392 g/mol. The van der Waals surface area contributed by atoms with Gasteiger partial charge in [-0.05, 0) is 48.0 Å². The Hall–Kier alpha value is -3.36. The lowest BCUT2D eigenvalue weighted by molar-refractivity contribution is -0.130. The molecule has 0 unspecified atom stereocenters. The van der Waals surface area contributed by atoms with Crippen LogP contribution in [0.2, 0.25) is 0 Å². The van der Waals surface area contributed by atoms with Crippen molar-refractivity contribution in [2.45, 2.75) is 13.5 Å². The van der Waals surface area contributed by atoms with Crippen LogP contribution in [0.5, 0.6) is 11.5 Å². The van der Waals surface area contributed by atoms with E-state index >= 15 is 0 Å². The Balaban J connectivity index is 1.24. The van der Waals surface area contributed by atoms with Crippen LogP contribution < -0.4 is 15.6 Å². The SMILES string of the molecule is CC(=O)N1CCN(Cc2cn3cc(Oc4ccc(C5=CCNN5)cc4)ccc3n2)CC1. The number of nitrogens with one attached hydrogen (secondary N) is 2. The third-order valence-electron chi connectivity index (χ3n) is 5.71. The maximum absolute atomic E-state index is 11.5. The van der Waals surface area contributed by atoms with Crippen molar-refractivity contribution in [2.24, 2.45) is 0 Å². The topological polar surface area (TPSA) is 74.1 Å². The molecule has 8 heteroatoms. The number of rotatable bonds is 5. The van der Waals surface area contributed by atoms with Crippen molar-refractivity contribution >= 4 is 17.3 Å². The lowest BCUT2D eigenvalue weighted by Gasteiger charge is -2.33. The summed E-state index contributed by atoms with van der Waals surface area (Å²) >= 11 is 0. The second-order valence-corrected chi connectivity index (χ2v) is 7.89. The van der Waals surface area contributed by atoms with Gasteiger partial charge in [-0.3, -0.25) is 9.69 Å². The van der Waals surface area contributed by atoms with Gasteiger partial charge in [-0.2, -0.15) is 0 Å². The quantitative estimate of drug-likeness (QED) is 0.662. The molecule has 0 saturated carbocycles. The van der Waals surface area contributed by atoms with Crippen LogP contribution in [0.4, 0.5) is 0 Å². The Labute approximate surface area is 181 Å². The van der Waals surface area contributed by atoms with E-state index in [4.69, 9.17) is 9.72 Å². The van der Waals surface area contributed by atoms with Gasteiger partial charge in [0.1, 0.15) is 17.1 Å². The number of nitrogens with zero attached hydrogens (tertiary/aromatic N) is 4. The van der Waals surface area contributed by atoms with Crippen molar-refractivity contribution < 1.29 is 9.53 Å². The Kier molecular flexibility index (Phi) is 5.31. The fraction of sp³-hybridized carbons (Fsp3) is 0.304. The second kappa shape index (κ2) is 8.41. The molecule has 3 aromatic rings. The highest BCUT2D eigenvalue weighted by Gasteiger charge is 2.19. The third kappa shape index (κ3) is 4.40. The van der Waals surface area contributed by atoms with Gasteiger partial charge in [0, 0.05) is 52.4 Å². The van der Waals surface area contributed by atoms with Gasteiger partial charge in [0.2, 0.25) is 5.91 Å². The van der Waals surface area contributed by atoms with E-state index in [1.165, 1.54) is 0 Å². The first kappa shape index (κ1) is 19.6. The van der Waals surface area contributed by atoms with Gasteiger partial charge in [0.05, 0.1) is 17.6 Å². The normalized spacial score (nSPS) is 16.9. The average molecular weight is 419 g/mol. The van der Waals surface area contributed by atoms with Crippen molar-refractivity contribution in [1.29, 1.82) is 0 Å². The second-order valence-electron chi connectivity index (χ2n) is 7.89. The van der Waals surface area contributed by atoms with Gasteiger partial charge in [-0.15, -0.1) is 0 Å². The Morgan fingerprint density at radius 2 is 1.81 bits per heavy atom. The number of hydrogen-bond acceptors (Lipinski definition) is 6. The predicted octanol–water partition coefficient (Wildman–Crippen LogP) is 2.24. The summed E-state index contributed by atoms with van der Waals surface area (Å²) in [6.45, 7) is 6.56. The molecule has 0 bridgehead atoms. The van der Waals surface area contributed by atoms with Gasteiger partial charge in [0.25, 0.3) is 0 Å². The molecule has 1 amide bonds. The number of carbonyl (C=O) groups excluding carboxylic acids is 1. The summed E-state index contributed by atoms with van der Waals surface area (Å²) in [6, 6.07) is 11.9. The standard InChI is InChI=1S/C23H26N6O2/c1-17(30)28-12-10-27(11-13-28)14-19-15-29-16-21(6-7-23(29)25-19)31-20-4-2-18(3-5-20)22-8-9-24-26-22/h2-8,15-16,24,26H,9-14H2,1H3. The number of hydrazine groups is 1. The molecule has 0 aliphatic carbocycles. The number of carbonyl (C=O) groups is 1. The van der Waals surface area contributed by atoms with Crippen LogP contribution in [0.3, 0.4) is 0 Å². The zero-order valence-corrected chi connectivity index (χ0v) is 17.5. The molecule has 1 fully saturated rings. The van der Waals surface area contributed by atoms with Gasteiger partial charge in [-0.1, -0.05) is 0 Å². The minimum Gasteiger partial charge on any atom is -0.456 e. The van der Waals surface area contributed by atoms with Gasteiger partial charge >= 0.3 is 0 Å². The van der Waals surface area contributed by atoms with Gasteiger partial charge < -0.3 is 19.5 Å². The molecule has 8 nitrogen and oxygen atoms in total. The van der Waals surface area contributed by atoms with Crippen molar-refractivity contribution in [3.63, 3.8) is 0 Å². The number of benzene rings is 1. The first-order valence-electron chi connectivity index (χ1n) is 10.6. The number of fused-ring (bicyclic) bond motifs is 1. The van der Waals surface area contributed by atoms with Crippen molar-refractivity contribution in [1.82, 2.24) is 30.0 Å². The number of hydrogen-bond donors (Lipinski definition) is 2. The zero-order chi connectivity index (χ0) is 21.2. The molecule has 2 aliphatic rings. The lowest BCUT2D eigenvalue weighted by atomic mass is 10.1. The highest BCUT2D eigenvalue weighted by atomic mass is 16.5. The number of pyridine rings is 1. The largest absolute Gasteiger partial charge is 0.456 e. The van der Waals surface area contributed by atoms with E-state index in [1.807, 2.05) is 58.1 Å². The van der Waals surface area contributed by atoms with Crippen LogP contribution in [0.1, 0.15) is 18.2 Å². The molecule has 2 aliphatic heterocycles. The summed E-state index contributed by atoms with van der Waals surface area (Å²) in [5, 5.41) is 0. The van der Waals surface area contributed by atoms with Crippen LogP contribution in [0.25, 0.3) is 11.3 Å². The summed E-state index contributed by atoms with van der Waals surface area (Å²) in [5.41, 5.74) is 10.3. The predicted molar refractivity (Wildman–Crippen MR) is 118 cm³/mol. The molecule has 0 atom stereocenters. The maximum atomic E-state index is 11.5. The summed E-state index contributed by atoms with van der Waals surface area (Å²) in [5.74, 6) is 1.70. The van der Waals surface area contributed by atoms with Crippen LogP contribution in [-0.4, -0.2) is 57.8 Å². The molecule has 1 aromatic carbocycles. The zero-order valence-electron chi connectivity index (χ0n) is 17.5. The Bertz CT molecular complexity index is 1110. The van der Waals surface area contributed by atoms with E-state index in [0.717, 1.165) is 73.4 Å². The smallest absolute Gasteiger partial charge is 0.219 e. The Morgan fingerprint density at radius 3 is 2.52 bits per heavy atom. The molecule has 4 heterocycles. The molecule has 1 saturated heterocycles. The van der Waals surface area contributed by atoms with Gasteiger partial charge in [-0.25, -0.2) is 10.4 Å². The molecule has 0 spiro atoms. The monoisotopic (exact) mass is 418 g/mol. The number of amides is 1.